The summed E-state index contributed by atoms with van der Waals surface area (Å²) in [5.41, 5.74) is -0.518. The van der Waals surface area contributed by atoms with Gasteiger partial charge in [0.15, 0.2) is 0 Å². The molecule has 37 heavy (non-hydrogen) atoms. The molecule has 1 saturated heterocycles. The highest BCUT2D eigenvalue weighted by molar-refractivity contribution is 6.33. The molecular weight excluding hydrogens is 476 g/mol. The smallest absolute Gasteiger partial charge is 0.454 e. The number of amides is 1. The van der Waals surface area contributed by atoms with Gasteiger partial charge in [-0.25, -0.2) is 9.59 Å². The second-order valence-corrected chi connectivity index (χ2v) is 11.4. The zero-order valence-corrected chi connectivity index (χ0v) is 22.6. The third-order valence-electron chi connectivity index (χ3n) is 6.33. The standard InChI is InChI=1S/C28H38N2O7/c1-26(2,3)36-23(32)21(31)13-14-22-28(19-11-7-8-12-20(19)29-24(28)33)15-17-30(22)16-9-10-18-35-25(34)37-27(4,5)6/h7-12,22H,13-18H2,1-6H3,(H,29,33)/b10-9+/t22-,28-/m0/s1. The van der Waals surface area contributed by atoms with Crippen molar-refractivity contribution in [1.29, 1.82) is 0 Å². The first-order valence-electron chi connectivity index (χ1n) is 12.6. The number of anilines is 1. The number of nitrogens with one attached hydrogen (secondary N) is 1. The Balaban J connectivity index is 1.72. The second kappa shape index (κ2) is 11.0. The average molecular weight is 515 g/mol. The van der Waals surface area contributed by atoms with E-state index in [1.54, 1.807) is 47.6 Å². The Morgan fingerprint density at radius 2 is 1.73 bits per heavy atom. The normalized spacial score (nSPS) is 21.7. The fourth-order valence-electron chi connectivity index (χ4n) is 4.90. The summed E-state index contributed by atoms with van der Waals surface area (Å²) in [6.07, 6.45) is 3.73. The lowest BCUT2D eigenvalue weighted by atomic mass is 9.73. The minimum Gasteiger partial charge on any atom is -0.454 e. The molecule has 2 heterocycles. The second-order valence-electron chi connectivity index (χ2n) is 11.4. The van der Waals surface area contributed by atoms with Crippen LogP contribution in [0.25, 0.3) is 0 Å². The maximum Gasteiger partial charge on any atom is 0.509 e. The van der Waals surface area contributed by atoms with Gasteiger partial charge in [-0.15, -0.1) is 0 Å². The van der Waals surface area contributed by atoms with Crippen molar-refractivity contribution in [2.45, 2.75) is 83.5 Å². The molecule has 0 unspecified atom stereocenters. The van der Waals surface area contributed by atoms with Gasteiger partial charge < -0.3 is 19.5 Å². The first-order valence-corrected chi connectivity index (χ1v) is 12.6. The number of para-hydroxylation sites is 1. The number of nitrogens with zero attached hydrogens (tertiary/aromatic N) is 1. The van der Waals surface area contributed by atoms with E-state index >= 15 is 0 Å². The van der Waals surface area contributed by atoms with Crippen LogP contribution in [0.5, 0.6) is 0 Å². The fraction of sp³-hybridized carbons (Fsp3) is 0.571. The number of ketones is 1. The number of Topliss-reactive ketones (excluding diaryl/α,β-unsaturated/α-hetero) is 1. The summed E-state index contributed by atoms with van der Waals surface area (Å²) < 4.78 is 15.4. The molecular formula is C28H38N2O7. The minimum absolute atomic E-state index is 0.0290. The lowest BCUT2D eigenvalue weighted by molar-refractivity contribution is -0.162. The van der Waals surface area contributed by atoms with E-state index in [1.807, 2.05) is 30.3 Å². The molecule has 0 aliphatic carbocycles. The summed E-state index contributed by atoms with van der Waals surface area (Å²) in [6, 6.07) is 7.30. The minimum atomic E-state index is -0.860. The zero-order valence-electron chi connectivity index (χ0n) is 22.6. The number of carbonyl (C=O) groups is 4. The summed E-state index contributed by atoms with van der Waals surface area (Å²) in [7, 11) is 0. The molecule has 0 radical (unpaired) electrons. The molecule has 3 rings (SSSR count). The van der Waals surface area contributed by atoms with Crippen molar-refractivity contribution in [3.63, 3.8) is 0 Å². The third kappa shape index (κ3) is 6.97. The van der Waals surface area contributed by atoms with Crippen LogP contribution in [0.15, 0.2) is 36.4 Å². The van der Waals surface area contributed by atoms with E-state index in [1.165, 1.54) is 0 Å². The van der Waals surface area contributed by atoms with Gasteiger partial charge in [0.25, 0.3) is 0 Å². The molecule has 0 aromatic heterocycles. The highest BCUT2D eigenvalue weighted by Gasteiger charge is 2.57. The molecule has 0 bridgehead atoms. The van der Waals surface area contributed by atoms with Gasteiger partial charge in [-0.2, -0.15) is 0 Å². The van der Waals surface area contributed by atoms with Crippen molar-refractivity contribution < 1.29 is 33.4 Å². The average Bonchev–Trinajstić information content (AvgIpc) is 3.27. The summed E-state index contributed by atoms with van der Waals surface area (Å²) in [5, 5.41) is 3.00. The van der Waals surface area contributed by atoms with Crippen molar-refractivity contribution in [3.8, 4) is 0 Å². The van der Waals surface area contributed by atoms with E-state index in [2.05, 4.69) is 10.2 Å². The summed E-state index contributed by atoms with van der Waals surface area (Å²) in [5.74, 6) is -1.56. The number of carbonyl (C=O) groups excluding carboxylic acids is 4. The van der Waals surface area contributed by atoms with Gasteiger partial charge in [-0.1, -0.05) is 24.3 Å². The number of fused-ring (bicyclic) bond motifs is 2. The Morgan fingerprint density at radius 1 is 1.05 bits per heavy atom. The summed E-state index contributed by atoms with van der Waals surface area (Å²) in [6.45, 7) is 11.6. The van der Waals surface area contributed by atoms with E-state index in [0.29, 0.717) is 25.9 Å². The number of likely N-dealkylation sites (tertiary alicyclic amines) is 1. The van der Waals surface area contributed by atoms with Gasteiger partial charge in [0.05, 0.1) is 5.41 Å². The molecule has 202 valence electrons. The van der Waals surface area contributed by atoms with Crippen LogP contribution in [-0.2, 0) is 34.0 Å². The number of hydrogen-bond donors (Lipinski definition) is 1. The molecule has 0 saturated carbocycles. The molecule has 1 aromatic carbocycles. The Kier molecular flexibility index (Phi) is 8.47. The van der Waals surface area contributed by atoms with E-state index in [-0.39, 0.29) is 25.0 Å². The van der Waals surface area contributed by atoms with Crippen LogP contribution < -0.4 is 5.32 Å². The number of benzene rings is 1. The Morgan fingerprint density at radius 3 is 2.41 bits per heavy atom. The molecule has 1 N–H and O–H groups in total. The molecule has 2 aliphatic heterocycles. The first-order chi connectivity index (χ1) is 17.2. The van der Waals surface area contributed by atoms with E-state index in [4.69, 9.17) is 14.2 Å². The number of esters is 1. The van der Waals surface area contributed by atoms with Crippen molar-refractivity contribution in [3.05, 3.63) is 42.0 Å². The lowest BCUT2D eigenvalue weighted by Gasteiger charge is -2.33. The monoisotopic (exact) mass is 514 g/mol. The van der Waals surface area contributed by atoms with Gasteiger partial charge >= 0.3 is 12.1 Å². The van der Waals surface area contributed by atoms with Crippen LogP contribution in [0, 0.1) is 0 Å². The van der Waals surface area contributed by atoms with Gasteiger partial charge in [0.2, 0.25) is 11.7 Å². The summed E-state index contributed by atoms with van der Waals surface area (Å²) in [4.78, 5) is 52.1. The Hall–Kier alpha value is -3.20. The van der Waals surface area contributed by atoms with Crippen LogP contribution in [0.4, 0.5) is 10.5 Å². The molecule has 2 atom stereocenters. The molecule has 1 amide bonds. The van der Waals surface area contributed by atoms with Gasteiger partial charge in [-0.05, 0) is 72.1 Å². The molecule has 1 fully saturated rings. The predicted octanol–water partition coefficient (Wildman–Crippen LogP) is 4.15. The number of hydrogen-bond acceptors (Lipinski definition) is 8. The molecule has 2 aliphatic rings. The van der Waals surface area contributed by atoms with Crippen molar-refractivity contribution >= 4 is 29.5 Å². The highest BCUT2D eigenvalue weighted by Crippen LogP contribution is 2.49. The fourth-order valence-corrected chi connectivity index (χ4v) is 4.90. The van der Waals surface area contributed by atoms with Crippen LogP contribution in [0.1, 0.15) is 66.4 Å². The predicted molar refractivity (Wildman–Crippen MR) is 138 cm³/mol. The van der Waals surface area contributed by atoms with Crippen molar-refractivity contribution in [1.82, 2.24) is 4.90 Å². The molecule has 9 nitrogen and oxygen atoms in total. The van der Waals surface area contributed by atoms with Gasteiger partial charge in [0.1, 0.15) is 17.8 Å². The van der Waals surface area contributed by atoms with Crippen LogP contribution in [0.3, 0.4) is 0 Å². The van der Waals surface area contributed by atoms with Crippen molar-refractivity contribution in [2.75, 3.05) is 25.0 Å². The maximum atomic E-state index is 13.3. The number of rotatable bonds is 8. The first kappa shape index (κ1) is 28.4. The molecule has 9 heteroatoms. The highest BCUT2D eigenvalue weighted by atomic mass is 16.7. The quantitative estimate of drug-likeness (QED) is 0.313. The van der Waals surface area contributed by atoms with Crippen LogP contribution in [0.2, 0.25) is 0 Å². The van der Waals surface area contributed by atoms with Gasteiger partial charge in [-0.3, -0.25) is 14.5 Å². The van der Waals surface area contributed by atoms with Crippen LogP contribution in [-0.4, -0.2) is 65.7 Å². The summed E-state index contributed by atoms with van der Waals surface area (Å²) >= 11 is 0. The maximum absolute atomic E-state index is 13.3. The Bertz CT molecular complexity index is 1070. The molecule has 1 aromatic rings. The molecule has 1 spiro atoms. The largest absolute Gasteiger partial charge is 0.509 e. The number of ether oxygens (including phenoxy) is 3. The Labute approximate surface area is 218 Å². The SMILES string of the molecule is CC(C)(C)OC(=O)OC/C=C/CN1CC[C@@]2(C(=O)Nc3ccccc32)[C@@H]1CCC(=O)C(=O)OC(C)(C)C. The van der Waals surface area contributed by atoms with Crippen molar-refractivity contribution in [2.24, 2.45) is 0 Å². The van der Waals surface area contributed by atoms with E-state index in [0.717, 1.165) is 11.3 Å². The third-order valence-corrected chi connectivity index (χ3v) is 6.33. The zero-order chi connectivity index (χ0) is 27.4. The van der Waals surface area contributed by atoms with E-state index < -0.39 is 34.5 Å². The van der Waals surface area contributed by atoms with Crippen LogP contribution >= 0.6 is 0 Å². The topological polar surface area (TPSA) is 111 Å². The van der Waals surface area contributed by atoms with Gasteiger partial charge in [0, 0.05) is 31.2 Å². The van der Waals surface area contributed by atoms with E-state index in [9.17, 15) is 19.2 Å². The lowest BCUT2D eigenvalue weighted by Crippen LogP contribution is -2.47.